The highest BCUT2D eigenvalue weighted by molar-refractivity contribution is 9.10. The first-order chi connectivity index (χ1) is 4.61. The molecular formula is C7H5BrCl2. The number of benzene rings is 1. The van der Waals surface area contributed by atoms with Crippen molar-refractivity contribution in [1.29, 1.82) is 0 Å². The maximum atomic E-state index is 5.80. The van der Waals surface area contributed by atoms with Crippen LogP contribution in [0.25, 0.3) is 0 Å². The molecule has 0 radical (unpaired) electrons. The van der Waals surface area contributed by atoms with Gasteiger partial charge in [-0.3, -0.25) is 0 Å². The molecule has 0 aromatic heterocycles. The molecular weight excluding hydrogens is 235 g/mol. The van der Waals surface area contributed by atoms with E-state index in [1.807, 2.05) is 13.0 Å². The summed E-state index contributed by atoms with van der Waals surface area (Å²) in [6.07, 6.45) is 0. The van der Waals surface area contributed by atoms with Crippen LogP contribution in [-0.4, -0.2) is 0 Å². The van der Waals surface area contributed by atoms with E-state index in [1.165, 1.54) is 0 Å². The van der Waals surface area contributed by atoms with Crippen LogP contribution < -0.4 is 0 Å². The van der Waals surface area contributed by atoms with Gasteiger partial charge in [-0.15, -0.1) is 0 Å². The minimum Gasteiger partial charge on any atom is -0.0842 e. The molecule has 0 spiro atoms. The average molecular weight is 240 g/mol. The van der Waals surface area contributed by atoms with Crippen molar-refractivity contribution >= 4 is 39.1 Å². The lowest BCUT2D eigenvalue weighted by atomic mass is 10.2. The fourth-order valence-electron chi connectivity index (χ4n) is 0.614. The third-order valence-corrected chi connectivity index (χ3v) is 2.68. The summed E-state index contributed by atoms with van der Waals surface area (Å²) in [5.74, 6) is 0. The van der Waals surface area contributed by atoms with Crippen molar-refractivity contribution in [2.45, 2.75) is 6.92 Å². The highest BCUT2D eigenvalue weighted by Gasteiger charge is 2.00. The van der Waals surface area contributed by atoms with Crippen LogP contribution in [0.1, 0.15) is 5.56 Å². The molecule has 0 aliphatic rings. The summed E-state index contributed by atoms with van der Waals surface area (Å²) in [5.41, 5.74) is 1.02. The second-order valence-corrected chi connectivity index (χ2v) is 3.69. The number of hydrogen-bond acceptors (Lipinski definition) is 0. The second kappa shape index (κ2) is 3.12. The molecule has 0 fully saturated rings. The molecule has 0 N–H and O–H groups in total. The third kappa shape index (κ3) is 1.66. The van der Waals surface area contributed by atoms with Crippen molar-refractivity contribution in [3.05, 3.63) is 32.2 Å². The monoisotopic (exact) mass is 238 g/mol. The van der Waals surface area contributed by atoms with Crippen molar-refractivity contribution < 1.29 is 0 Å². The van der Waals surface area contributed by atoms with E-state index in [9.17, 15) is 0 Å². The molecule has 0 bridgehead atoms. The van der Waals surface area contributed by atoms with Crippen molar-refractivity contribution in [2.75, 3.05) is 0 Å². The number of hydrogen-bond donors (Lipinski definition) is 0. The van der Waals surface area contributed by atoms with Gasteiger partial charge in [-0.2, -0.15) is 0 Å². The van der Waals surface area contributed by atoms with Gasteiger partial charge in [0.05, 0.1) is 0 Å². The van der Waals surface area contributed by atoms with Gasteiger partial charge in [0, 0.05) is 14.5 Å². The fraction of sp³-hybridized carbons (Fsp3) is 0.143. The van der Waals surface area contributed by atoms with Gasteiger partial charge in [-0.05, 0) is 24.6 Å². The molecule has 0 amide bonds. The quantitative estimate of drug-likeness (QED) is 0.641. The zero-order chi connectivity index (χ0) is 7.72. The van der Waals surface area contributed by atoms with Crippen LogP contribution in [-0.2, 0) is 0 Å². The van der Waals surface area contributed by atoms with Crippen LogP contribution in [0.15, 0.2) is 16.6 Å². The summed E-state index contributed by atoms with van der Waals surface area (Å²) in [6, 6.07) is 3.55. The summed E-state index contributed by atoms with van der Waals surface area (Å²) >= 11 is 14.8. The Morgan fingerprint density at radius 1 is 1.30 bits per heavy atom. The summed E-state index contributed by atoms with van der Waals surface area (Å²) < 4.78 is 0.949. The summed E-state index contributed by atoms with van der Waals surface area (Å²) in [6.45, 7) is 1.93. The second-order valence-electron chi connectivity index (χ2n) is 1.99. The van der Waals surface area contributed by atoms with Crippen LogP contribution in [0.4, 0.5) is 0 Å². The minimum atomic E-state index is 0.655. The summed E-state index contributed by atoms with van der Waals surface area (Å²) in [4.78, 5) is 0. The molecule has 0 aliphatic carbocycles. The Kier molecular flexibility index (Phi) is 2.61. The first kappa shape index (κ1) is 8.38. The fourth-order valence-corrected chi connectivity index (χ4v) is 1.81. The van der Waals surface area contributed by atoms with Gasteiger partial charge in [0.25, 0.3) is 0 Å². The maximum absolute atomic E-state index is 5.80. The zero-order valence-electron chi connectivity index (χ0n) is 5.29. The van der Waals surface area contributed by atoms with Gasteiger partial charge < -0.3 is 0 Å². The summed E-state index contributed by atoms with van der Waals surface area (Å²) in [7, 11) is 0. The van der Waals surface area contributed by atoms with E-state index in [1.54, 1.807) is 6.07 Å². The molecule has 0 aliphatic heterocycles. The first-order valence-electron chi connectivity index (χ1n) is 2.72. The normalized spacial score (nSPS) is 10.0. The van der Waals surface area contributed by atoms with Crippen molar-refractivity contribution in [1.82, 2.24) is 0 Å². The van der Waals surface area contributed by atoms with Gasteiger partial charge in [0.15, 0.2) is 0 Å². The van der Waals surface area contributed by atoms with Gasteiger partial charge in [0.2, 0.25) is 0 Å². The van der Waals surface area contributed by atoms with Gasteiger partial charge in [-0.25, -0.2) is 0 Å². The molecule has 0 atom stereocenters. The van der Waals surface area contributed by atoms with E-state index in [-0.39, 0.29) is 0 Å². The SMILES string of the molecule is Cc1c(Cl)cc(Cl)cc1Br. The smallest absolute Gasteiger partial charge is 0.0461 e. The van der Waals surface area contributed by atoms with Gasteiger partial charge >= 0.3 is 0 Å². The summed E-state index contributed by atoms with van der Waals surface area (Å²) in [5, 5.41) is 1.35. The van der Waals surface area contributed by atoms with Crippen LogP contribution >= 0.6 is 39.1 Å². The molecule has 1 rings (SSSR count). The highest BCUT2D eigenvalue weighted by Crippen LogP contribution is 2.27. The number of rotatable bonds is 0. The Bertz CT molecular complexity index is 235. The molecule has 3 heteroatoms. The Balaban J connectivity index is 3.31. The van der Waals surface area contributed by atoms with Crippen LogP contribution in [0.2, 0.25) is 10.0 Å². The standard InChI is InChI=1S/C7H5BrCl2/c1-4-6(8)2-5(9)3-7(4)10/h2-3H,1H3. The molecule has 0 unspecified atom stereocenters. The molecule has 10 heavy (non-hydrogen) atoms. The molecule has 54 valence electrons. The van der Waals surface area contributed by atoms with Crippen LogP contribution in [0.5, 0.6) is 0 Å². The Morgan fingerprint density at radius 3 is 2.40 bits per heavy atom. The lowest BCUT2D eigenvalue weighted by molar-refractivity contribution is 1.43. The predicted octanol–water partition coefficient (Wildman–Crippen LogP) is 4.06. The maximum Gasteiger partial charge on any atom is 0.0461 e. The van der Waals surface area contributed by atoms with Crippen molar-refractivity contribution in [2.24, 2.45) is 0 Å². The average Bonchev–Trinajstić information content (AvgIpc) is 1.82. The third-order valence-electron chi connectivity index (χ3n) is 1.25. The van der Waals surface area contributed by atoms with E-state index in [4.69, 9.17) is 23.2 Å². The number of halogens is 3. The highest BCUT2D eigenvalue weighted by atomic mass is 79.9. The van der Waals surface area contributed by atoms with Crippen LogP contribution in [0.3, 0.4) is 0 Å². The molecule has 0 heterocycles. The molecule has 1 aromatic carbocycles. The molecule has 0 nitrogen and oxygen atoms in total. The lowest BCUT2D eigenvalue weighted by Gasteiger charge is -2.00. The van der Waals surface area contributed by atoms with Crippen molar-refractivity contribution in [3.8, 4) is 0 Å². The molecule has 0 saturated carbocycles. The van der Waals surface area contributed by atoms with E-state index in [2.05, 4.69) is 15.9 Å². The first-order valence-corrected chi connectivity index (χ1v) is 4.27. The lowest BCUT2D eigenvalue weighted by Crippen LogP contribution is -1.76. The Morgan fingerprint density at radius 2 is 1.90 bits per heavy atom. The minimum absolute atomic E-state index is 0.655. The molecule has 0 saturated heterocycles. The van der Waals surface area contributed by atoms with E-state index in [0.717, 1.165) is 10.0 Å². The van der Waals surface area contributed by atoms with Crippen LogP contribution in [0, 0.1) is 6.92 Å². The van der Waals surface area contributed by atoms with Crippen molar-refractivity contribution in [3.63, 3.8) is 0 Å². The topological polar surface area (TPSA) is 0 Å². The molecule has 1 aromatic rings. The van der Waals surface area contributed by atoms with E-state index in [0.29, 0.717) is 10.0 Å². The van der Waals surface area contributed by atoms with E-state index >= 15 is 0 Å². The Labute approximate surface area is 78.3 Å². The van der Waals surface area contributed by atoms with E-state index < -0.39 is 0 Å². The Hall–Kier alpha value is 0.280. The zero-order valence-corrected chi connectivity index (χ0v) is 8.39. The van der Waals surface area contributed by atoms with Gasteiger partial charge in [-0.1, -0.05) is 39.1 Å². The largest absolute Gasteiger partial charge is 0.0842 e. The van der Waals surface area contributed by atoms with Gasteiger partial charge in [0.1, 0.15) is 0 Å². The predicted molar refractivity (Wildman–Crippen MR) is 48.9 cm³/mol.